The summed E-state index contributed by atoms with van der Waals surface area (Å²) in [5.41, 5.74) is 6.02. The molecule has 100 valence electrons. The van der Waals surface area contributed by atoms with Gasteiger partial charge in [-0.15, -0.1) is 11.3 Å². The molecule has 3 N–H and O–H groups in total. The Hall–Kier alpha value is -0.850. The number of hydrogen-bond donors (Lipinski definition) is 2. The van der Waals surface area contributed by atoms with Gasteiger partial charge in [-0.05, 0) is 12.1 Å². The van der Waals surface area contributed by atoms with Crippen LogP contribution >= 0.6 is 46.1 Å². The lowest BCUT2D eigenvalue weighted by molar-refractivity contribution is 0.102. The van der Waals surface area contributed by atoms with Gasteiger partial charge in [0, 0.05) is 16.9 Å². The number of rotatable bonds is 3. The van der Waals surface area contributed by atoms with E-state index < -0.39 is 5.91 Å². The van der Waals surface area contributed by atoms with Gasteiger partial charge in [-0.3, -0.25) is 4.79 Å². The molecule has 0 fully saturated rings. The van der Waals surface area contributed by atoms with Gasteiger partial charge in [-0.2, -0.15) is 0 Å². The van der Waals surface area contributed by atoms with Crippen molar-refractivity contribution < 1.29 is 4.79 Å². The lowest BCUT2D eigenvalue weighted by atomic mass is 10.3. The highest BCUT2D eigenvalue weighted by Gasteiger charge is 2.15. The first kappa shape index (κ1) is 14.6. The lowest BCUT2D eigenvalue weighted by Gasteiger charge is -2.08. The van der Waals surface area contributed by atoms with Crippen LogP contribution in [0.3, 0.4) is 0 Å². The lowest BCUT2D eigenvalue weighted by Crippen LogP contribution is -2.13. The van der Waals surface area contributed by atoms with E-state index in [2.05, 4.69) is 10.3 Å². The van der Waals surface area contributed by atoms with Crippen molar-refractivity contribution in [2.75, 3.05) is 5.32 Å². The van der Waals surface area contributed by atoms with E-state index in [0.29, 0.717) is 22.3 Å². The molecular formula is C11H8Cl3N3OS. The van der Waals surface area contributed by atoms with E-state index in [0.717, 1.165) is 0 Å². The van der Waals surface area contributed by atoms with Gasteiger partial charge < -0.3 is 11.1 Å². The number of nitrogens with two attached hydrogens (primary N) is 1. The first-order valence-electron chi connectivity index (χ1n) is 5.11. The summed E-state index contributed by atoms with van der Waals surface area (Å²) < 4.78 is 0. The number of carbonyl (C=O) groups excluding carboxylic acids is 1. The third-order valence-corrected chi connectivity index (χ3v) is 3.89. The van der Waals surface area contributed by atoms with Gasteiger partial charge in [0.2, 0.25) is 0 Å². The van der Waals surface area contributed by atoms with Gasteiger partial charge in [0.15, 0.2) is 0 Å². The third-order valence-electron chi connectivity index (χ3n) is 2.20. The van der Waals surface area contributed by atoms with E-state index in [1.807, 2.05) is 0 Å². The van der Waals surface area contributed by atoms with Crippen molar-refractivity contribution in [3.63, 3.8) is 0 Å². The highest BCUT2D eigenvalue weighted by atomic mass is 35.5. The molecule has 0 aliphatic carbocycles. The summed E-state index contributed by atoms with van der Waals surface area (Å²) >= 11 is 19.1. The summed E-state index contributed by atoms with van der Waals surface area (Å²) in [5, 5.41) is 5.82. The molecule has 4 nitrogen and oxygen atoms in total. The Labute approximate surface area is 128 Å². The van der Waals surface area contributed by atoms with E-state index in [4.69, 9.17) is 40.5 Å². The molecular weight excluding hydrogens is 329 g/mol. The number of anilines is 1. The monoisotopic (exact) mass is 335 g/mol. The van der Waals surface area contributed by atoms with Crippen molar-refractivity contribution in [1.29, 1.82) is 0 Å². The fourth-order valence-electron chi connectivity index (χ4n) is 1.35. The molecule has 19 heavy (non-hydrogen) atoms. The second-order valence-electron chi connectivity index (χ2n) is 3.53. The van der Waals surface area contributed by atoms with E-state index in [9.17, 15) is 4.79 Å². The molecule has 1 aromatic carbocycles. The number of aromatic nitrogens is 1. The van der Waals surface area contributed by atoms with Gasteiger partial charge in [-0.25, -0.2) is 4.98 Å². The van der Waals surface area contributed by atoms with Crippen LogP contribution in [0.15, 0.2) is 17.5 Å². The molecule has 1 amide bonds. The third kappa shape index (κ3) is 3.38. The zero-order valence-electron chi connectivity index (χ0n) is 9.41. The molecule has 0 saturated heterocycles. The van der Waals surface area contributed by atoms with Gasteiger partial charge in [-0.1, -0.05) is 34.8 Å². The molecule has 1 aromatic heterocycles. The molecule has 2 aromatic rings. The molecule has 0 unspecified atom stereocenters. The van der Waals surface area contributed by atoms with Gasteiger partial charge in [0.05, 0.1) is 15.7 Å². The number of hydrogen-bond acceptors (Lipinski definition) is 4. The maximum atomic E-state index is 12.0. The number of halogens is 3. The molecule has 0 radical (unpaired) electrons. The average molecular weight is 337 g/mol. The number of nitrogens with one attached hydrogen (secondary N) is 1. The second kappa shape index (κ2) is 6.07. The van der Waals surface area contributed by atoms with Crippen molar-refractivity contribution >= 4 is 57.7 Å². The summed E-state index contributed by atoms with van der Waals surface area (Å²) in [5.74, 6) is -0.401. The van der Waals surface area contributed by atoms with Crippen molar-refractivity contribution in [2.45, 2.75) is 6.54 Å². The van der Waals surface area contributed by atoms with Crippen LogP contribution in [0.1, 0.15) is 15.5 Å². The molecule has 2 rings (SSSR count). The Morgan fingerprint density at radius 1 is 1.32 bits per heavy atom. The Morgan fingerprint density at radius 2 is 1.95 bits per heavy atom. The van der Waals surface area contributed by atoms with Crippen molar-refractivity contribution in [1.82, 2.24) is 4.98 Å². The van der Waals surface area contributed by atoms with Gasteiger partial charge in [0.25, 0.3) is 5.91 Å². The number of benzene rings is 1. The Balaban J connectivity index is 2.24. The van der Waals surface area contributed by atoms with Crippen LogP contribution in [0.4, 0.5) is 5.69 Å². The van der Waals surface area contributed by atoms with Gasteiger partial charge >= 0.3 is 0 Å². The first-order valence-corrected chi connectivity index (χ1v) is 7.13. The molecule has 0 atom stereocenters. The van der Waals surface area contributed by atoms with Crippen molar-refractivity contribution in [3.05, 3.63) is 43.3 Å². The zero-order chi connectivity index (χ0) is 14.0. The summed E-state index contributed by atoms with van der Waals surface area (Å²) in [6, 6.07) is 2.99. The summed E-state index contributed by atoms with van der Waals surface area (Å²) in [7, 11) is 0. The predicted octanol–water partition coefficient (Wildman–Crippen LogP) is 3.81. The van der Waals surface area contributed by atoms with Crippen LogP contribution in [-0.2, 0) is 6.54 Å². The minimum atomic E-state index is -0.401. The Kier molecular flexibility index (Phi) is 4.65. The number of nitrogens with zero attached hydrogens (tertiary/aromatic N) is 1. The number of carbonyl (C=O) groups is 1. The molecule has 0 aliphatic rings. The largest absolute Gasteiger partial charge is 0.325 e. The highest BCUT2D eigenvalue weighted by molar-refractivity contribution is 7.09. The zero-order valence-corrected chi connectivity index (χ0v) is 12.5. The van der Waals surface area contributed by atoms with Crippen molar-refractivity contribution in [3.8, 4) is 0 Å². The summed E-state index contributed by atoms with van der Waals surface area (Å²) in [6.45, 7) is 0.292. The van der Waals surface area contributed by atoms with E-state index in [1.165, 1.54) is 23.5 Å². The molecule has 8 heteroatoms. The number of thiazole rings is 1. The standard InChI is InChI=1S/C11H8Cl3N3OS/c12-5-1-6(13)10(7(14)2-5)17-11(18)8-4-19-9(3-15)16-8/h1-2,4H,3,15H2,(H,17,18). The van der Waals surface area contributed by atoms with Crippen LogP contribution < -0.4 is 11.1 Å². The fourth-order valence-corrected chi connectivity index (χ4v) is 2.91. The second-order valence-corrected chi connectivity index (χ2v) is 5.72. The van der Waals surface area contributed by atoms with Crippen LogP contribution in [0, 0.1) is 0 Å². The molecule has 0 bridgehead atoms. The van der Waals surface area contributed by atoms with E-state index in [-0.39, 0.29) is 15.7 Å². The smallest absolute Gasteiger partial charge is 0.275 e. The topological polar surface area (TPSA) is 68.0 Å². The summed E-state index contributed by atoms with van der Waals surface area (Å²) in [4.78, 5) is 16.0. The van der Waals surface area contributed by atoms with E-state index >= 15 is 0 Å². The maximum Gasteiger partial charge on any atom is 0.275 e. The molecule has 0 spiro atoms. The minimum absolute atomic E-state index is 0.264. The van der Waals surface area contributed by atoms with Crippen molar-refractivity contribution in [2.24, 2.45) is 5.73 Å². The first-order chi connectivity index (χ1) is 9.01. The minimum Gasteiger partial charge on any atom is -0.325 e. The van der Waals surface area contributed by atoms with Crippen LogP contribution in [-0.4, -0.2) is 10.9 Å². The van der Waals surface area contributed by atoms with Crippen LogP contribution in [0.25, 0.3) is 0 Å². The highest BCUT2D eigenvalue weighted by Crippen LogP contribution is 2.33. The SMILES string of the molecule is NCc1nc(C(=O)Nc2c(Cl)cc(Cl)cc2Cl)cs1. The number of amides is 1. The predicted molar refractivity (Wildman–Crippen MR) is 79.4 cm³/mol. The molecule has 0 aliphatic heterocycles. The average Bonchev–Trinajstić information content (AvgIpc) is 2.82. The molecule has 1 heterocycles. The van der Waals surface area contributed by atoms with E-state index in [1.54, 1.807) is 5.38 Å². The normalized spacial score (nSPS) is 10.5. The Morgan fingerprint density at radius 3 is 2.47 bits per heavy atom. The van der Waals surface area contributed by atoms with Gasteiger partial charge in [0.1, 0.15) is 10.7 Å². The van der Waals surface area contributed by atoms with Crippen LogP contribution in [0.5, 0.6) is 0 Å². The fraction of sp³-hybridized carbons (Fsp3) is 0.0909. The van der Waals surface area contributed by atoms with Crippen LogP contribution in [0.2, 0.25) is 15.1 Å². The molecule has 0 saturated carbocycles. The Bertz CT molecular complexity index is 606. The quantitative estimate of drug-likeness (QED) is 0.895. The maximum absolute atomic E-state index is 12.0. The summed E-state index contributed by atoms with van der Waals surface area (Å²) in [6.07, 6.45) is 0.